The van der Waals surface area contributed by atoms with E-state index in [1.165, 1.54) is 49.3 Å². The van der Waals surface area contributed by atoms with Crippen LogP contribution in [-0.4, -0.2) is 80.0 Å². The minimum atomic E-state index is -4.54. The molecule has 1 aliphatic rings. The molecular weight excluding hydrogens is 656 g/mol. The number of nitrogens with one attached hydrogen (secondary N) is 2. The van der Waals surface area contributed by atoms with Gasteiger partial charge in [0.1, 0.15) is 22.9 Å². The van der Waals surface area contributed by atoms with Crippen LogP contribution in [0.4, 0.5) is 29.1 Å². The van der Waals surface area contributed by atoms with Gasteiger partial charge in [0.05, 0.1) is 22.3 Å². The lowest BCUT2D eigenvalue weighted by Gasteiger charge is -2.43. The van der Waals surface area contributed by atoms with Crippen LogP contribution in [0.3, 0.4) is 0 Å². The number of rotatable bonds is 11. The van der Waals surface area contributed by atoms with Gasteiger partial charge in [-0.3, -0.25) is 19.2 Å². The lowest BCUT2D eigenvalue weighted by molar-refractivity contribution is -0.162. The van der Waals surface area contributed by atoms with E-state index in [4.69, 9.17) is 16.3 Å². The highest BCUT2D eigenvalue weighted by Gasteiger charge is 2.40. The molecule has 248 valence electrons. The summed E-state index contributed by atoms with van der Waals surface area (Å²) in [5, 5.41) is 2.96. The molecule has 3 aromatic rings. The molecule has 11 nitrogen and oxygen atoms in total. The highest BCUT2D eigenvalue weighted by Crippen LogP contribution is 2.40. The summed E-state index contributed by atoms with van der Waals surface area (Å²) in [7, 11) is 0.0902. The molecule has 1 heterocycles. The van der Waals surface area contributed by atoms with Gasteiger partial charge in [-0.1, -0.05) is 29.8 Å². The number of benzene rings is 2. The van der Waals surface area contributed by atoms with Crippen molar-refractivity contribution in [2.45, 2.75) is 54.6 Å². The van der Waals surface area contributed by atoms with Gasteiger partial charge in [-0.05, 0) is 69.1 Å². The van der Waals surface area contributed by atoms with Gasteiger partial charge in [0, 0.05) is 19.3 Å². The van der Waals surface area contributed by atoms with Gasteiger partial charge < -0.3 is 15.0 Å². The molecule has 17 heteroatoms. The van der Waals surface area contributed by atoms with Crippen LogP contribution in [-0.2, 0) is 30.5 Å². The number of carbonyl (C=O) groups is 2. The molecule has 1 aromatic heterocycles. The number of hydrogen-bond donors (Lipinski definition) is 2. The second-order valence-corrected chi connectivity index (χ2v) is 13.0. The molecule has 1 saturated carbocycles. The van der Waals surface area contributed by atoms with Crippen molar-refractivity contribution in [1.82, 2.24) is 19.8 Å². The normalized spacial score (nSPS) is 19.3. The van der Waals surface area contributed by atoms with Crippen LogP contribution in [0.1, 0.15) is 36.3 Å². The summed E-state index contributed by atoms with van der Waals surface area (Å²) in [5.74, 6) is -2.21. The molecule has 0 spiro atoms. The maximum atomic E-state index is 15.3. The van der Waals surface area contributed by atoms with Crippen LogP contribution in [0.25, 0.3) is 0 Å². The molecule has 4 rings (SSSR count). The van der Waals surface area contributed by atoms with Crippen LogP contribution in [0.5, 0.6) is 0 Å². The van der Waals surface area contributed by atoms with Gasteiger partial charge in [-0.25, -0.2) is 22.8 Å². The number of sulfonamides is 1. The van der Waals surface area contributed by atoms with Crippen molar-refractivity contribution in [2.24, 2.45) is 0 Å². The Morgan fingerprint density at radius 1 is 1.15 bits per heavy atom. The molecule has 0 saturated heterocycles. The summed E-state index contributed by atoms with van der Waals surface area (Å²) >= 11 is 6.44. The number of likely N-dealkylation sites (N-methyl/N-ethyl adjacent to an activating group) is 2. The van der Waals surface area contributed by atoms with E-state index in [9.17, 15) is 31.2 Å². The summed E-state index contributed by atoms with van der Waals surface area (Å²) in [6.07, 6.45) is -2.53. The second-order valence-electron chi connectivity index (χ2n) is 10.9. The molecule has 0 radical (unpaired) electrons. The first-order chi connectivity index (χ1) is 21.6. The zero-order valence-electron chi connectivity index (χ0n) is 24.8. The third-order valence-corrected chi connectivity index (χ3v) is 9.37. The van der Waals surface area contributed by atoms with Gasteiger partial charge in [0.25, 0.3) is 22.4 Å². The summed E-state index contributed by atoms with van der Waals surface area (Å²) < 4.78 is 88.6. The Morgan fingerprint density at radius 2 is 1.89 bits per heavy atom. The fraction of sp³-hybridized carbons (Fsp3) is 0.379. The van der Waals surface area contributed by atoms with Crippen molar-refractivity contribution in [2.75, 3.05) is 31.2 Å². The van der Waals surface area contributed by atoms with Crippen LogP contribution >= 0.6 is 11.6 Å². The average Bonchev–Trinajstić information content (AvgIpc) is 3.00. The van der Waals surface area contributed by atoms with Crippen molar-refractivity contribution in [3.8, 4) is 0 Å². The Kier molecular flexibility index (Phi) is 10.7. The highest BCUT2D eigenvalue weighted by atomic mass is 35.5. The minimum Gasteiger partial charge on any atom is -0.439 e. The van der Waals surface area contributed by atoms with Crippen molar-refractivity contribution in [1.29, 1.82) is 0 Å². The quantitative estimate of drug-likeness (QED) is 0.167. The van der Waals surface area contributed by atoms with Crippen LogP contribution in [0.2, 0.25) is 5.02 Å². The molecule has 1 fully saturated rings. The number of hydrogen-bond acceptors (Lipinski definition) is 9. The maximum absolute atomic E-state index is 15.3. The number of aromatic nitrogens is 2. The molecule has 46 heavy (non-hydrogen) atoms. The molecule has 1 amide bonds. The molecule has 2 N–H and O–H groups in total. The van der Waals surface area contributed by atoms with Crippen LogP contribution in [0, 0.1) is 5.82 Å². The van der Waals surface area contributed by atoms with E-state index in [2.05, 4.69) is 20.0 Å². The van der Waals surface area contributed by atoms with Crippen LogP contribution < -0.4 is 10.0 Å². The average molecular weight is 687 g/mol. The molecule has 1 unspecified atom stereocenters. The standard InChI is InChI=1S/C29H31ClF4N6O5S/c1-39(2)28(45-16-41)27(42)40(3)24-12-18(17-5-4-6-19(11-17)29(32,33)34)7-8-22(24)37-23-14-21(31)25(13-20(23)30)46(43,44)38-26-9-10-35-15-36-26/h4-6,9-11,13-16,18,22,24,28,37H,7-8,12H2,1-3H3,(H,35,36,38)/t18-,22-,24-,28?/m0/s1. The Labute approximate surface area is 268 Å². The predicted octanol–water partition coefficient (Wildman–Crippen LogP) is 4.72. The Hall–Kier alpha value is -4.02. The fourth-order valence-corrected chi connectivity index (χ4v) is 6.77. The van der Waals surface area contributed by atoms with E-state index < -0.39 is 62.6 Å². The number of nitrogens with zero attached hydrogens (tertiary/aromatic N) is 4. The van der Waals surface area contributed by atoms with Gasteiger partial charge in [0.15, 0.2) is 0 Å². The number of alkyl halides is 3. The molecule has 0 aliphatic heterocycles. The number of anilines is 2. The Morgan fingerprint density at radius 3 is 2.52 bits per heavy atom. The third kappa shape index (κ3) is 8.03. The Balaban J connectivity index is 1.65. The first-order valence-corrected chi connectivity index (χ1v) is 15.7. The molecule has 2 aromatic carbocycles. The van der Waals surface area contributed by atoms with E-state index >= 15 is 4.39 Å². The zero-order chi connectivity index (χ0) is 33.8. The lowest BCUT2D eigenvalue weighted by atomic mass is 9.77. The Bertz CT molecular complexity index is 1670. The minimum absolute atomic E-state index is 0.0295. The summed E-state index contributed by atoms with van der Waals surface area (Å²) in [6.45, 7) is 0.135. The van der Waals surface area contributed by atoms with E-state index in [1.807, 2.05) is 0 Å². The smallest absolute Gasteiger partial charge is 0.416 e. The predicted molar refractivity (Wildman–Crippen MR) is 161 cm³/mol. The summed E-state index contributed by atoms with van der Waals surface area (Å²) in [5.41, 5.74) is -0.339. The van der Waals surface area contributed by atoms with Crippen molar-refractivity contribution >= 4 is 45.5 Å². The summed E-state index contributed by atoms with van der Waals surface area (Å²) in [6, 6.07) is 6.77. The van der Waals surface area contributed by atoms with Crippen molar-refractivity contribution in [3.63, 3.8) is 0 Å². The fourth-order valence-electron chi connectivity index (χ4n) is 5.39. The number of ether oxygens (including phenoxy) is 1. The van der Waals surface area contributed by atoms with Gasteiger partial charge in [0.2, 0.25) is 6.23 Å². The first-order valence-electron chi connectivity index (χ1n) is 13.9. The number of amides is 1. The molecule has 0 bridgehead atoms. The lowest BCUT2D eigenvalue weighted by Crippen LogP contribution is -2.55. The molecule has 1 aliphatic carbocycles. The first kappa shape index (κ1) is 34.8. The topological polar surface area (TPSA) is 134 Å². The monoisotopic (exact) mass is 686 g/mol. The molecular formula is C29H31ClF4N6O5S. The van der Waals surface area contributed by atoms with Crippen molar-refractivity contribution in [3.05, 3.63) is 77.0 Å². The number of halogens is 5. The van der Waals surface area contributed by atoms with E-state index in [1.54, 1.807) is 6.07 Å². The van der Waals surface area contributed by atoms with Gasteiger partial charge in [-0.15, -0.1) is 0 Å². The van der Waals surface area contributed by atoms with Gasteiger partial charge >= 0.3 is 6.18 Å². The SMILES string of the molecule is CN(C)C(OC=O)C(=O)N(C)[C@H]1C[C@@H](c2cccc(C(F)(F)F)c2)CC[C@@H]1Nc1cc(F)c(S(=O)(=O)Nc2ccncn2)cc1Cl. The van der Waals surface area contributed by atoms with Crippen molar-refractivity contribution < 1.29 is 40.3 Å². The van der Waals surface area contributed by atoms with E-state index in [-0.39, 0.29) is 29.4 Å². The molecule has 4 atom stereocenters. The summed E-state index contributed by atoms with van der Waals surface area (Å²) in [4.78, 5) is 34.0. The highest BCUT2D eigenvalue weighted by molar-refractivity contribution is 7.92. The third-order valence-electron chi connectivity index (χ3n) is 7.68. The zero-order valence-corrected chi connectivity index (χ0v) is 26.4. The maximum Gasteiger partial charge on any atom is 0.416 e. The second kappa shape index (κ2) is 14.2. The van der Waals surface area contributed by atoms with E-state index in [0.717, 1.165) is 30.6 Å². The van der Waals surface area contributed by atoms with Crippen LogP contribution in [0.15, 0.2) is 59.9 Å². The van der Waals surface area contributed by atoms with E-state index in [0.29, 0.717) is 18.4 Å². The van der Waals surface area contributed by atoms with Gasteiger partial charge in [-0.2, -0.15) is 13.2 Å². The largest absolute Gasteiger partial charge is 0.439 e. The number of carbonyl (C=O) groups excluding carboxylic acids is 2.